The van der Waals surface area contributed by atoms with Gasteiger partial charge in [-0.3, -0.25) is 0 Å². The van der Waals surface area contributed by atoms with E-state index in [1.54, 1.807) is 12.1 Å². The lowest BCUT2D eigenvalue weighted by molar-refractivity contribution is 0.251. The Balaban J connectivity index is 2.00. The second kappa shape index (κ2) is 6.83. The average molecular weight is 332 g/mol. The Hall–Kier alpha value is -2.34. The van der Waals surface area contributed by atoms with E-state index in [1.165, 1.54) is 17.7 Å². The third kappa shape index (κ3) is 4.82. The van der Waals surface area contributed by atoms with Gasteiger partial charge in [0.05, 0.1) is 4.90 Å². The highest BCUT2D eigenvalue weighted by Crippen LogP contribution is 2.15. The van der Waals surface area contributed by atoms with E-state index in [0.29, 0.717) is 12.2 Å². The number of anilines is 1. The van der Waals surface area contributed by atoms with Crippen molar-refractivity contribution >= 4 is 21.6 Å². The van der Waals surface area contributed by atoms with Gasteiger partial charge in [-0.25, -0.2) is 13.2 Å². The summed E-state index contributed by atoms with van der Waals surface area (Å²) >= 11 is 0. The van der Waals surface area contributed by atoms with Crippen LogP contribution in [0.15, 0.2) is 47.4 Å². The third-order valence-corrected chi connectivity index (χ3v) is 4.57. The zero-order valence-corrected chi connectivity index (χ0v) is 14.2. The van der Waals surface area contributed by atoms with Crippen LogP contribution >= 0.6 is 0 Å². The lowest BCUT2D eigenvalue weighted by atomic mass is 10.1. The van der Waals surface area contributed by atoms with Crippen molar-refractivity contribution in [3.63, 3.8) is 0 Å². The van der Waals surface area contributed by atoms with E-state index in [2.05, 4.69) is 16.7 Å². The molecular formula is C17H20N2O3S. The molecule has 0 saturated heterocycles. The van der Waals surface area contributed by atoms with Crippen LogP contribution in [0.2, 0.25) is 0 Å². The second-order valence-electron chi connectivity index (χ2n) is 5.54. The van der Waals surface area contributed by atoms with Crippen molar-refractivity contribution in [1.29, 1.82) is 0 Å². The maximum Gasteiger partial charge on any atom is 0.319 e. The first-order valence-corrected chi connectivity index (χ1v) is 9.06. The predicted octanol–water partition coefficient (Wildman–Crippen LogP) is 3.03. The van der Waals surface area contributed by atoms with Gasteiger partial charge in [-0.1, -0.05) is 29.8 Å². The summed E-state index contributed by atoms with van der Waals surface area (Å²) < 4.78 is 23.0. The molecule has 0 aromatic heterocycles. The second-order valence-corrected chi connectivity index (χ2v) is 7.55. The number of nitrogens with one attached hydrogen (secondary N) is 2. The predicted molar refractivity (Wildman–Crippen MR) is 91.3 cm³/mol. The largest absolute Gasteiger partial charge is 0.334 e. The molecule has 23 heavy (non-hydrogen) atoms. The van der Waals surface area contributed by atoms with Crippen LogP contribution in [0.25, 0.3) is 0 Å². The standard InChI is InChI=1S/C17H20N2O3S/c1-12-7-8-14(13(2)9-12)11-18-17(20)19-15-5-4-6-16(10-15)23(3,21)22/h4-10H,11H2,1-3H3,(H2,18,19,20). The Morgan fingerprint density at radius 3 is 2.48 bits per heavy atom. The highest BCUT2D eigenvalue weighted by Gasteiger charge is 2.09. The minimum Gasteiger partial charge on any atom is -0.334 e. The molecule has 122 valence electrons. The smallest absolute Gasteiger partial charge is 0.319 e. The molecule has 0 aliphatic carbocycles. The van der Waals surface area contributed by atoms with E-state index < -0.39 is 9.84 Å². The topological polar surface area (TPSA) is 75.3 Å². The number of amides is 2. The van der Waals surface area contributed by atoms with E-state index in [9.17, 15) is 13.2 Å². The molecule has 2 N–H and O–H groups in total. The van der Waals surface area contributed by atoms with E-state index >= 15 is 0 Å². The number of benzene rings is 2. The first kappa shape index (κ1) is 17.0. The monoisotopic (exact) mass is 332 g/mol. The van der Waals surface area contributed by atoms with Crippen molar-refractivity contribution in [3.05, 3.63) is 59.2 Å². The fourth-order valence-corrected chi connectivity index (χ4v) is 2.87. The fraction of sp³-hybridized carbons (Fsp3) is 0.235. The summed E-state index contributed by atoms with van der Waals surface area (Å²) in [6, 6.07) is 11.8. The fourth-order valence-electron chi connectivity index (χ4n) is 2.20. The molecule has 0 radical (unpaired) electrons. The molecule has 0 aliphatic rings. The van der Waals surface area contributed by atoms with Gasteiger partial charge in [0.2, 0.25) is 0 Å². The molecule has 0 bridgehead atoms. The third-order valence-electron chi connectivity index (χ3n) is 3.46. The number of hydrogen-bond donors (Lipinski definition) is 2. The lowest BCUT2D eigenvalue weighted by Gasteiger charge is -2.10. The summed E-state index contributed by atoms with van der Waals surface area (Å²) in [6.45, 7) is 4.42. The van der Waals surface area contributed by atoms with Crippen LogP contribution in [0.3, 0.4) is 0 Å². The van der Waals surface area contributed by atoms with Gasteiger partial charge in [0.15, 0.2) is 9.84 Å². The Morgan fingerprint density at radius 2 is 1.83 bits per heavy atom. The average Bonchev–Trinajstić information content (AvgIpc) is 2.45. The van der Waals surface area contributed by atoms with E-state index in [4.69, 9.17) is 0 Å². The number of rotatable bonds is 4. The minimum atomic E-state index is -3.30. The molecule has 0 fully saturated rings. The summed E-state index contributed by atoms with van der Waals surface area (Å²) in [5.41, 5.74) is 3.76. The van der Waals surface area contributed by atoms with Crippen molar-refractivity contribution in [2.45, 2.75) is 25.3 Å². The number of aryl methyl sites for hydroxylation is 2. The van der Waals surface area contributed by atoms with Crippen molar-refractivity contribution in [2.75, 3.05) is 11.6 Å². The van der Waals surface area contributed by atoms with Crippen LogP contribution in [-0.4, -0.2) is 20.7 Å². The molecule has 0 atom stereocenters. The lowest BCUT2D eigenvalue weighted by Crippen LogP contribution is -2.28. The molecule has 0 aliphatic heterocycles. The quantitative estimate of drug-likeness (QED) is 0.903. The molecule has 2 amide bonds. The Bertz CT molecular complexity index is 829. The van der Waals surface area contributed by atoms with Gasteiger partial charge in [0.25, 0.3) is 0 Å². The molecule has 2 rings (SSSR count). The van der Waals surface area contributed by atoms with Crippen molar-refractivity contribution in [2.24, 2.45) is 0 Å². The molecule has 6 heteroatoms. The Morgan fingerprint density at radius 1 is 1.09 bits per heavy atom. The number of carbonyl (C=O) groups is 1. The molecule has 2 aromatic rings. The van der Waals surface area contributed by atoms with E-state index in [0.717, 1.165) is 17.4 Å². The first-order chi connectivity index (χ1) is 10.8. The van der Waals surface area contributed by atoms with Crippen LogP contribution in [0.4, 0.5) is 10.5 Å². The minimum absolute atomic E-state index is 0.171. The van der Waals surface area contributed by atoms with Gasteiger partial charge in [0.1, 0.15) is 0 Å². The van der Waals surface area contributed by atoms with Gasteiger partial charge in [-0.2, -0.15) is 0 Å². The molecule has 0 saturated carbocycles. The zero-order valence-electron chi connectivity index (χ0n) is 13.4. The number of hydrogen-bond acceptors (Lipinski definition) is 3. The summed E-state index contributed by atoms with van der Waals surface area (Å²) in [5.74, 6) is 0. The molecule has 0 heterocycles. The SMILES string of the molecule is Cc1ccc(CNC(=O)Nc2cccc(S(C)(=O)=O)c2)c(C)c1. The first-order valence-electron chi connectivity index (χ1n) is 7.17. The number of carbonyl (C=O) groups excluding carboxylic acids is 1. The van der Waals surface area contributed by atoms with Gasteiger partial charge >= 0.3 is 6.03 Å². The van der Waals surface area contributed by atoms with Gasteiger partial charge < -0.3 is 10.6 Å². The molecule has 5 nitrogen and oxygen atoms in total. The summed E-state index contributed by atoms with van der Waals surface area (Å²) in [6.07, 6.45) is 1.13. The summed E-state index contributed by atoms with van der Waals surface area (Å²) in [5, 5.41) is 5.41. The summed E-state index contributed by atoms with van der Waals surface area (Å²) in [7, 11) is -3.30. The maximum absolute atomic E-state index is 12.0. The van der Waals surface area contributed by atoms with Crippen LogP contribution in [0.5, 0.6) is 0 Å². The Kier molecular flexibility index (Phi) is 5.05. The highest BCUT2D eigenvalue weighted by atomic mass is 32.2. The van der Waals surface area contributed by atoms with Gasteiger partial charge in [0, 0.05) is 18.5 Å². The molecule has 0 unspecified atom stereocenters. The van der Waals surface area contributed by atoms with Gasteiger partial charge in [-0.15, -0.1) is 0 Å². The molecule has 0 spiro atoms. The van der Waals surface area contributed by atoms with E-state index in [1.807, 2.05) is 26.0 Å². The number of urea groups is 1. The summed E-state index contributed by atoms with van der Waals surface area (Å²) in [4.78, 5) is 12.1. The molecule has 2 aromatic carbocycles. The zero-order chi connectivity index (χ0) is 17.0. The Labute approximate surface area is 136 Å². The van der Waals surface area contributed by atoms with Crippen molar-refractivity contribution < 1.29 is 13.2 Å². The van der Waals surface area contributed by atoms with Crippen LogP contribution in [0.1, 0.15) is 16.7 Å². The normalized spacial score (nSPS) is 11.1. The van der Waals surface area contributed by atoms with Crippen LogP contribution in [-0.2, 0) is 16.4 Å². The molecular weight excluding hydrogens is 312 g/mol. The maximum atomic E-state index is 12.0. The van der Waals surface area contributed by atoms with Gasteiger partial charge in [-0.05, 0) is 43.2 Å². The van der Waals surface area contributed by atoms with Crippen molar-refractivity contribution in [3.8, 4) is 0 Å². The van der Waals surface area contributed by atoms with Crippen LogP contribution < -0.4 is 10.6 Å². The van der Waals surface area contributed by atoms with Crippen molar-refractivity contribution in [1.82, 2.24) is 5.32 Å². The van der Waals surface area contributed by atoms with Crippen LogP contribution in [0, 0.1) is 13.8 Å². The van der Waals surface area contributed by atoms with E-state index in [-0.39, 0.29) is 10.9 Å². The number of sulfone groups is 1. The highest BCUT2D eigenvalue weighted by molar-refractivity contribution is 7.90.